The smallest absolute Gasteiger partial charge is 0.319 e. The highest BCUT2D eigenvalue weighted by Crippen LogP contribution is 2.45. The summed E-state index contributed by atoms with van der Waals surface area (Å²) in [5.41, 5.74) is -0.864. The molecule has 1 aromatic heterocycles. The Labute approximate surface area is 184 Å². The number of anilines is 1. The molecule has 9 heteroatoms. The van der Waals surface area contributed by atoms with Gasteiger partial charge in [-0.3, -0.25) is 0 Å². The van der Waals surface area contributed by atoms with Crippen molar-refractivity contribution in [2.75, 3.05) is 31.2 Å². The van der Waals surface area contributed by atoms with Crippen LogP contribution >= 0.6 is 38.5 Å². The normalized spacial score (nSPS) is 23.9. The zero-order chi connectivity index (χ0) is 20.1. The lowest BCUT2D eigenvalue weighted by Gasteiger charge is -2.38. The molecule has 0 unspecified atom stereocenters. The summed E-state index contributed by atoms with van der Waals surface area (Å²) in [5, 5.41) is 20.6. The summed E-state index contributed by atoms with van der Waals surface area (Å²) >= 11 is 5.36. The van der Waals surface area contributed by atoms with Crippen LogP contribution in [0.1, 0.15) is 32.6 Å². The molecule has 28 heavy (non-hydrogen) atoms. The van der Waals surface area contributed by atoms with Gasteiger partial charge in [-0.25, -0.2) is 4.39 Å². The maximum Gasteiger partial charge on any atom is 0.319 e. The van der Waals surface area contributed by atoms with Crippen molar-refractivity contribution < 1.29 is 19.3 Å². The second kappa shape index (κ2) is 7.48. The van der Waals surface area contributed by atoms with E-state index in [1.54, 1.807) is 6.92 Å². The molecule has 1 aromatic carbocycles. The number of nitrogens with zero attached hydrogens (tertiary/aromatic N) is 3. The Hall–Kier alpha value is -0.780. The topological polar surface area (TPSA) is 78.7 Å². The summed E-state index contributed by atoms with van der Waals surface area (Å²) in [7, 11) is 0. The molecular formula is C19H22BrFIN3O3. The Bertz CT molecular complexity index is 923. The zero-order valence-corrected chi connectivity index (χ0v) is 19.3. The SMILES string of the molecule is C[C@@]1(O)CCCN(c2nc(OCC3(CO)CC3)nc3c(F)c(Br)c(I)cc23)C1. The Morgan fingerprint density at radius 2 is 2.11 bits per heavy atom. The molecule has 1 aliphatic heterocycles. The summed E-state index contributed by atoms with van der Waals surface area (Å²) in [6, 6.07) is 1.95. The molecular weight excluding hydrogens is 544 g/mol. The van der Waals surface area contributed by atoms with E-state index in [2.05, 4.69) is 48.5 Å². The highest BCUT2D eigenvalue weighted by atomic mass is 127. The number of hydrogen-bond acceptors (Lipinski definition) is 6. The molecule has 2 N–H and O–H groups in total. The molecule has 1 saturated carbocycles. The fourth-order valence-electron chi connectivity index (χ4n) is 3.59. The lowest BCUT2D eigenvalue weighted by Crippen LogP contribution is -2.46. The first-order chi connectivity index (χ1) is 13.2. The van der Waals surface area contributed by atoms with E-state index in [-0.39, 0.29) is 23.5 Å². The molecule has 152 valence electrons. The molecule has 2 aromatic rings. The number of halogens is 3. The molecule has 1 aliphatic carbocycles. The summed E-state index contributed by atoms with van der Waals surface area (Å²) in [6.45, 7) is 3.29. The first kappa shape index (κ1) is 20.5. The van der Waals surface area contributed by atoms with Gasteiger partial charge in [-0.2, -0.15) is 9.97 Å². The summed E-state index contributed by atoms with van der Waals surface area (Å²) < 4.78 is 21.9. The molecule has 2 fully saturated rings. The minimum atomic E-state index is -0.827. The van der Waals surface area contributed by atoms with Crippen molar-refractivity contribution in [3.05, 3.63) is 19.9 Å². The Kier molecular flexibility index (Phi) is 5.47. The highest BCUT2D eigenvalue weighted by molar-refractivity contribution is 14.1. The van der Waals surface area contributed by atoms with Crippen LogP contribution in [-0.4, -0.2) is 52.1 Å². The molecule has 4 rings (SSSR count). The molecule has 0 bridgehead atoms. The number of piperidine rings is 1. The van der Waals surface area contributed by atoms with Gasteiger partial charge in [0.2, 0.25) is 0 Å². The number of aliphatic hydroxyl groups is 2. The third kappa shape index (κ3) is 3.95. The summed E-state index contributed by atoms with van der Waals surface area (Å²) in [6.07, 6.45) is 3.33. The van der Waals surface area contributed by atoms with Crippen molar-refractivity contribution in [2.45, 2.75) is 38.2 Å². The number of aromatic nitrogens is 2. The first-order valence-corrected chi connectivity index (χ1v) is 11.2. The minimum absolute atomic E-state index is 0.0561. The number of hydrogen-bond donors (Lipinski definition) is 2. The largest absolute Gasteiger partial charge is 0.463 e. The number of benzene rings is 1. The number of rotatable bonds is 5. The Morgan fingerprint density at radius 1 is 1.36 bits per heavy atom. The third-order valence-corrected chi connectivity index (χ3v) is 7.93. The van der Waals surface area contributed by atoms with Gasteiger partial charge in [0, 0.05) is 27.5 Å². The van der Waals surface area contributed by atoms with Gasteiger partial charge in [0.15, 0.2) is 5.82 Å². The van der Waals surface area contributed by atoms with Gasteiger partial charge >= 0.3 is 6.01 Å². The van der Waals surface area contributed by atoms with E-state index in [4.69, 9.17) is 4.74 Å². The number of fused-ring (bicyclic) bond motifs is 1. The highest BCUT2D eigenvalue weighted by Gasteiger charge is 2.43. The maximum atomic E-state index is 15.0. The van der Waals surface area contributed by atoms with Crippen molar-refractivity contribution in [3.63, 3.8) is 0 Å². The Morgan fingerprint density at radius 3 is 2.75 bits per heavy atom. The van der Waals surface area contributed by atoms with E-state index in [1.165, 1.54) is 0 Å². The number of aliphatic hydroxyl groups excluding tert-OH is 1. The maximum absolute atomic E-state index is 15.0. The Balaban J connectivity index is 1.78. The van der Waals surface area contributed by atoms with E-state index >= 15 is 0 Å². The van der Waals surface area contributed by atoms with Crippen LogP contribution in [0, 0.1) is 14.8 Å². The van der Waals surface area contributed by atoms with Crippen molar-refractivity contribution >= 4 is 55.2 Å². The molecule has 0 amide bonds. The monoisotopic (exact) mass is 565 g/mol. The molecule has 6 nitrogen and oxygen atoms in total. The van der Waals surface area contributed by atoms with E-state index in [9.17, 15) is 14.6 Å². The average molecular weight is 566 g/mol. The van der Waals surface area contributed by atoms with Gasteiger partial charge < -0.3 is 19.8 Å². The predicted molar refractivity (Wildman–Crippen MR) is 116 cm³/mol. The molecule has 2 heterocycles. The van der Waals surface area contributed by atoms with Gasteiger partial charge in [-0.15, -0.1) is 0 Å². The molecule has 1 atom stereocenters. The van der Waals surface area contributed by atoms with E-state index in [0.29, 0.717) is 35.2 Å². The van der Waals surface area contributed by atoms with E-state index in [1.807, 2.05) is 11.0 Å². The minimum Gasteiger partial charge on any atom is -0.463 e. The van der Waals surface area contributed by atoms with Crippen molar-refractivity contribution in [2.24, 2.45) is 5.41 Å². The third-order valence-electron chi connectivity index (χ3n) is 5.56. The molecule has 2 aliphatic rings. The van der Waals surface area contributed by atoms with Crippen LogP contribution in [0.15, 0.2) is 10.5 Å². The van der Waals surface area contributed by atoms with E-state index < -0.39 is 11.4 Å². The van der Waals surface area contributed by atoms with Gasteiger partial charge in [-0.1, -0.05) is 0 Å². The average Bonchev–Trinajstić information content (AvgIpc) is 3.44. The second-order valence-electron chi connectivity index (χ2n) is 8.18. The molecule has 0 radical (unpaired) electrons. The van der Waals surface area contributed by atoms with Crippen LogP contribution in [0.4, 0.5) is 10.2 Å². The first-order valence-electron chi connectivity index (χ1n) is 9.30. The van der Waals surface area contributed by atoms with Crippen molar-refractivity contribution in [1.29, 1.82) is 0 Å². The van der Waals surface area contributed by atoms with Gasteiger partial charge in [0.05, 0.1) is 23.3 Å². The fraction of sp³-hybridized carbons (Fsp3) is 0.579. The van der Waals surface area contributed by atoms with Crippen LogP contribution in [0.2, 0.25) is 0 Å². The van der Waals surface area contributed by atoms with Crippen LogP contribution in [0.5, 0.6) is 6.01 Å². The standard InChI is InChI=1S/C19H22BrFIN3O3/c1-18(27)3-2-6-25(8-18)16-11-7-12(22)13(20)14(21)15(11)23-17(24-16)28-10-19(9-26)4-5-19/h7,26-27H,2-6,8-10H2,1H3/t18-/m1/s1. The van der Waals surface area contributed by atoms with Crippen molar-refractivity contribution in [1.82, 2.24) is 9.97 Å². The zero-order valence-electron chi connectivity index (χ0n) is 15.5. The fourth-order valence-corrected chi connectivity index (χ4v) is 4.44. The van der Waals surface area contributed by atoms with E-state index in [0.717, 1.165) is 29.4 Å². The predicted octanol–water partition coefficient (Wildman–Crippen LogP) is 3.64. The number of ether oxygens (including phenoxy) is 1. The quantitative estimate of drug-likeness (QED) is 0.426. The van der Waals surface area contributed by atoms with Crippen LogP contribution < -0.4 is 9.64 Å². The summed E-state index contributed by atoms with van der Waals surface area (Å²) in [4.78, 5) is 10.9. The molecule has 1 saturated heterocycles. The van der Waals surface area contributed by atoms with Crippen LogP contribution in [0.25, 0.3) is 10.9 Å². The summed E-state index contributed by atoms with van der Waals surface area (Å²) in [5.74, 6) is 0.112. The second-order valence-corrected chi connectivity index (χ2v) is 10.1. The lowest BCUT2D eigenvalue weighted by molar-refractivity contribution is 0.0447. The van der Waals surface area contributed by atoms with Gasteiger partial charge in [-0.05, 0) is 77.2 Å². The van der Waals surface area contributed by atoms with Crippen LogP contribution in [-0.2, 0) is 0 Å². The molecule has 0 spiro atoms. The van der Waals surface area contributed by atoms with Crippen LogP contribution in [0.3, 0.4) is 0 Å². The van der Waals surface area contributed by atoms with Gasteiger partial charge in [0.1, 0.15) is 11.3 Å². The van der Waals surface area contributed by atoms with Gasteiger partial charge in [0.25, 0.3) is 0 Å². The lowest BCUT2D eigenvalue weighted by atomic mass is 9.95. The van der Waals surface area contributed by atoms with Crippen molar-refractivity contribution in [3.8, 4) is 6.01 Å². The number of β-amino-alcohol motifs (C(OH)–C–C–N with tert-alkyl or cyclic N) is 1.